The number of anilines is 1. The van der Waals surface area contributed by atoms with Gasteiger partial charge in [-0.15, -0.1) is 11.3 Å². The van der Waals surface area contributed by atoms with Crippen molar-refractivity contribution < 1.29 is 9.90 Å². The maximum Gasteiger partial charge on any atom is 0.319 e. The molecule has 0 bridgehead atoms. The Hall–Kier alpha value is -1.92. The van der Waals surface area contributed by atoms with Gasteiger partial charge in [0.1, 0.15) is 5.01 Å². The number of amides is 2. The summed E-state index contributed by atoms with van der Waals surface area (Å²) >= 11 is 1.52. The monoisotopic (exact) mass is 305 g/mol. The van der Waals surface area contributed by atoms with E-state index in [-0.39, 0.29) is 12.1 Å². The molecular weight excluding hydrogens is 286 g/mol. The second-order valence-corrected chi connectivity index (χ2v) is 5.66. The Morgan fingerprint density at radius 3 is 2.90 bits per heavy atom. The van der Waals surface area contributed by atoms with Crippen molar-refractivity contribution in [1.82, 2.24) is 10.3 Å². The number of hydrogen-bond acceptors (Lipinski definition) is 4. The van der Waals surface area contributed by atoms with Gasteiger partial charge in [-0.1, -0.05) is 19.1 Å². The van der Waals surface area contributed by atoms with Gasteiger partial charge in [-0.3, -0.25) is 0 Å². The van der Waals surface area contributed by atoms with Crippen molar-refractivity contribution >= 4 is 23.1 Å². The number of aromatic nitrogens is 1. The fraction of sp³-hybridized carbons (Fsp3) is 0.333. The molecule has 0 fully saturated rings. The van der Waals surface area contributed by atoms with Crippen molar-refractivity contribution in [2.75, 3.05) is 5.32 Å². The normalized spacial score (nSPS) is 13.5. The van der Waals surface area contributed by atoms with Gasteiger partial charge in [0, 0.05) is 17.3 Å². The topological polar surface area (TPSA) is 74.2 Å². The van der Waals surface area contributed by atoms with Crippen LogP contribution in [0.4, 0.5) is 10.5 Å². The Labute approximate surface area is 128 Å². The number of carbonyl (C=O) groups is 1. The van der Waals surface area contributed by atoms with Gasteiger partial charge in [0.05, 0.1) is 12.1 Å². The molecule has 0 aliphatic heterocycles. The van der Waals surface area contributed by atoms with Gasteiger partial charge in [0.25, 0.3) is 0 Å². The minimum Gasteiger partial charge on any atom is -0.389 e. The molecule has 5 nitrogen and oxygen atoms in total. The summed E-state index contributed by atoms with van der Waals surface area (Å²) in [7, 11) is 0. The van der Waals surface area contributed by atoms with Crippen molar-refractivity contribution in [2.24, 2.45) is 0 Å². The fourth-order valence-electron chi connectivity index (χ4n) is 1.95. The van der Waals surface area contributed by atoms with Gasteiger partial charge < -0.3 is 15.7 Å². The standard InChI is InChI=1S/C15H19N3O2S/c1-3-13(14-16-7-8-21-14)18-15(20)17-12-6-4-5-11(9-12)10(2)19/h4-10,13,19H,3H2,1-2H3,(H2,17,18,20). The highest BCUT2D eigenvalue weighted by atomic mass is 32.1. The summed E-state index contributed by atoms with van der Waals surface area (Å²) in [6.07, 6.45) is 1.94. The highest BCUT2D eigenvalue weighted by Gasteiger charge is 2.15. The number of hydrogen-bond donors (Lipinski definition) is 3. The third kappa shape index (κ3) is 4.27. The minimum absolute atomic E-state index is 0.0926. The summed E-state index contributed by atoms with van der Waals surface area (Å²) in [5.41, 5.74) is 1.42. The number of rotatable bonds is 5. The highest BCUT2D eigenvalue weighted by Crippen LogP contribution is 2.20. The van der Waals surface area contributed by atoms with E-state index < -0.39 is 6.10 Å². The summed E-state index contributed by atoms with van der Waals surface area (Å²) in [5.74, 6) is 0. The molecule has 0 saturated carbocycles. The third-order valence-electron chi connectivity index (χ3n) is 3.09. The van der Waals surface area contributed by atoms with Crippen molar-refractivity contribution in [3.8, 4) is 0 Å². The van der Waals surface area contributed by atoms with E-state index in [0.29, 0.717) is 5.69 Å². The first-order chi connectivity index (χ1) is 10.1. The molecule has 21 heavy (non-hydrogen) atoms. The zero-order valence-electron chi connectivity index (χ0n) is 12.0. The average molecular weight is 305 g/mol. The molecule has 2 unspecified atom stereocenters. The lowest BCUT2D eigenvalue weighted by Gasteiger charge is -2.15. The van der Waals surface area contributed by atoms with Gasteiger partial charge in [0.2, 0.25) is 0 Å². The van der Waals surface area contributed by atoms with Gasteiger partial charge in [0.15, 0.2) is 0 Å². The molecule has 0 saturated heterocycles. The number of nitrogens with one attached hydrogen (secondary N) is 2. The lowest BCUT2D eigenvalue weighted by Crippen LogP contribution is -2.32. The van der Waals surface area contributed by atoms with Gasteiger partial charge in [-0.05, 0) is 31.0 Å². The number of aliphatic hydroxyl groups is 1. The SMILES string of the molecule is CCC(NC(=O)Nc1cccc(C(C)O)c1)c1nccs1. The zero-order valence-corrected chi connectivity index (χ0v) is 12.9. The average Bonchev–Trinajstić information content (AvgIpc) is 2.99. The number of urea groups is 1. The molecule has 112 valence electrons. The fourth-order valence-corrected chi connectivity index (χ4v) is 2.72. The molecular formula is C15H19N3O2S. The van der Waals surface area contributed by atoms with Crippen LogP contribution in [0.2, 0.25) is 0 Å². The van der Waals surface area contributed by atoms with Crippen LogP contribution in [0.15, 0.2) is 35.8 Å². The van der Waals surface area contributed by atoms with E-state index in [0.717, 1.165) is 17.0 Å². The molecule has 0 spiro atoms. The molecule has 1 aromatic heterocycles. The van der Waals surface area contributed by atoms with Gasteiger partial charge in [-0.2, -0.15) is 0 Å². The maximum absolute atomic E-state index is 12.1. The molecule has 1 aromatic carbocycles. The van der Waals surface area contributed by atoms with Crippen LogP contribution in [0.3, 0.4) is 0 Å². The van der Waals surface area contributed by atoms with E-state index in [1.54, 1.807) is 31.3 Å². The summed E-state index contributed by atoms with van der Waals surface area (Å²) in [6, 6.07) is 6.79. The molecule has 1 heterocycles. The second kappa shape index (κ2) is 7.19. The lowest BCUT2D eigenvalue weighted by atomic mass is 10.1. The van der Waals surface area contributed by atoms with Crippen LogP contribution >= 0.6 is 11.3 Å². The largest absolute Gasteiger partial charge is 0.389 e. The van der Waals surface area contributed by atoms with E-state index in [1.807, 2.05) is 18.4 Å². The number of nitrogens with zero attached hydrogens (tertiary/aromatic N) is 1. The maximum atomic E-state index is 12.1. The summed E-state index contributed by atoms with van der Waals surface area (Å²) < 4.78 is 0. The van der Waals surface area contributed by atoms with Crippen molar-refractivity contribution in [3.63, 3.8) is 0 Å². The molecule has 0 aliphatic carbocycles. The predicted molar refractivity (Wildman–Crippen MR) is 84.4 cm³/mol. The highest BCUT2D eigenvalue weighted by molar-refractivity contribution is 7.09. The summed E-state index contributed by atoms with van der Waals surface area (Å²) in [6.45, 7) is 3.69. The Kier molecular flexibility index (Phi) is 5.30. The number of aliphatic hydroxyl groups excluding tert-OH is 1. The molecule has 6 heteroatoms. The number of thiazole rings is 1. The van der Waals surface area contributed by atoms with Gasteiger partial charge in [-0.25, -0.2) is 9.78 Å². The van der Waals surface area contributed by atoms with Crippen molar-refractivity contribution in [1.29, 1.82) is 0 Å². The van der Waals surface area contributed by atoms with Crippen LogP contribution in [0.1, 0.15) is 43.0 Å². The first kappa shape index (κ1) is 15.5. The molecule has 2 amide bonds. The Morgan fingerprint density at radius 1 is 1.48 bits per heavy atom. The van der Waals surface area contributed by atoms with Crippen LogP contribution in [-0.4, -0.2) is 16.1 Å². The number of carbonyl (C=O) groups excluding carboxylic acids is 1. The molecule has 2 rings (SSSR count). The smallest absolute Gasteiger partial charge is 0.319 e. The van der Waals surface area contributed by atoms with Crippen LogP contribution in [0, 0.1) is 0 Å². The molecule has 0 aliphatic rings. The quantitative estimate of drug-likeness (QED) is 0.792. The zero-order chi connectivity index (χ0) is 15.2. The molecule has 3 N–H and O–H groups in total. The van der Waals surface area contributed by atoms with E-state index in [2.05, 4.69) is 15.6 Å². The van der Waals surface area contributed by atoms with Crippen LogP contribution < -0.4 is 10.6 Å². The summed E-state index contributed by atoms with van der Waals surface area (Å²) in [5, 5.41) is 18.0. The lowest BCUT2D eigenvalue weighted by molar-refractivity contribution is 0.199. The Balaban J connectivity index is 1.99. The summed E-state index contributed by atoms with van der Waals surface area (Å²) in [4.78, 5) is 16.3. The van der Waals surface area contributed by atoms with Crippen LogP contribution in [-0.2, 0) is 0 Å². The third-order valence-corrected chi connectivity index (χ3v) is 3.98. The second-order valence-electron chi connectivity index (χ2n) is 4.73. The molecule has 2 atom stereocenters. The predicted octanol–water partition coefficient (Wildman–Crippen LogP) is 3.47. The Morgan fingerprint density at radius 2 is 2.29 bits per heavy atom. The van der Waals surface area contributed by atoms with E-state index in [1.165, 1.54) is 11.3 Å². The van der Waals surface area contributed by atoms with E-state index in [9.17, 15) is 9.90 Å². The van der Waals surface area contributed by atoms with E-state index >= 15 is 0 Å². The molecule has 0 radical (unpaired) electrons. The van der Waals surface area contributed by atoms with Gasteiger partial charge >= 0.3 is 6.03 Å². The molecule has 2 aromatic rings. The van der Waals surface area contributed by atoms with Crippen molar-refractivity contribution in [3.05, 3.63) is 46.4 Å². The first-order valence-corrected chi connectivity index (χ1v) is 7.73. The van der Waals surface area contributed by atoms with E-state index in [4.69, 9.17) is 0 Å². The van der Waals surface area contributed by atoms with Crippen molar-refractivity contribution in [2.45, 2.75) is 32.4 Å². The number of benzene rings is 1. The van der Waals surface area contributed by atoms with Crippen LogP contribution in [0.5, 0.6) is 0 Å². The van der Waals surface area contributed by atoms with Crippen LogP contribution in [0.25, 0.3) is 0 Å². The Bertz CT molecular complexity index is 584. The first-order valence-electron chi connectivity index (χ1n) is 6.85. The minimum atomic E-state index is -0.562.